The summed E-state index contributed by atoms with van der Waals surface area (Å²) in [5, 5.41) is 0. The summed E-state index contributed by atoms with van der Waals surface area (Å²) < 4.78 is 0. The van der Waals surface area contributed by atoms with E-state index in [2.05, 4.69) is 38.2 Å². The SMILES string of the molecule is C=CC.C=CCC.C=CN(C=C)C(/C=C\C)=NC.CC.CC.CC. The van der Waals surface area contributed by atoms with Gasteiger partial charge in [0.15, 0.2) is 0 Å². The molecule has 0 spiro atoms. The summed E-state index contributed by atoms with van der Waals surface area (Å²) in [4.78, 5) is 5.78. The molecule has 0 unspecified atom stereocenters. The summed E-state index contributed by atoms with van der Waals surface area (Å²) in [5.41, 5.74) is 0. The van der Waals surface area contributed by atoms with Crippen LogP contribution in [0.25, 0.3) is 0 Å². The number of nitrogens with zero attached hydrogens (tertiary/aromatic N) is 2. The van der Waals surface area contributed by atoms with E-state index in [4.69, 9.17) is 0 Å². The highest BCUT2D eigenvalue weighted by molar-refractivity contribution is 5.94. The third kappa shape index (κ3) is 50.0. The number of rotatable bonds is 4. The summed E-state index contributed by atoms with van der Waals surface area (Å²) in [6.07, 6.45) is 11.8. The lowest BCUT2D eigenvalue weighted by Crippen LogP contribution is -2.16. The standard InChI is InChI=1S/C9H14N2.C4H8.C3H6.3C2H6/c1-5-8-9(10-4)11(6-2)7-3;1-3-4-2;1-3-2;3*1-2/h5-8H,2-3H2,1,4H3;3H,1,4H2,2H3;3H,1H2,2H3;3*1-2H3/b8-5-,10-9?;;;;;. The van der Waals surface area contributed by atoms with Gasteiger partial charge in [0.05, 0.1) is 0 Å². The molecule has 0 aromatic carbocycles. The van der Waals surface area contributed by atoms with E-state index in [-0.39, 0.29) is 0 Å². The van der Waals surface area contributed by atoms with Gasteiger partial charge in [-0.15, -0.1) is 13.2 Å². The minimum atomic E-state index is 0.831. The second-order valence-electron chi connectivity index (χ2n) is 2.96. The Morgan fingerprint density at radius 2 is 1.17 bits per heavy atom. The van der Waals surface area contributed by atoms with Crippen molar-refractivity contribution in [1.82, 2.24) is 4.90 Å². The molecule has 2 nitrogen and oxygen atoms in total. The Kier molecular flexibility index (Phi) is 92.1. The Hall–Kier alpha value is -1.83. The molecule has 0 bridgehead atoms. The van der Waals surface area contributed by atoms with Crippen LogP contribution in [0.2, 0.25) is 0 Å². The largest absolute Gasteiger partial charge is 0.310 e. The molecule has 0 aromatic heterocycles. The van der Waals surface area contributed by atoms with E-state index >= 15 is 0 Å². The lowest BCUT2D eigenvalue weighted by atomic mass is 10.4. The van der Waals surface area contributed by atoms with Gasteiger partial charge in [-0.05, 0) is 26.3 Å². The molecule has 0 aromatic rings. The molecule has 0 fully saturated rings. The summed E-state index contributed by atoms with van der Waals surface area (Å²) in [6, 6.07) is 0. The minimum absolute atomic E-state index is 0.831. The van der Waals surface area contributed by atoms with Crippen LogP contribution in [0.15, 0.2) is 68.0 Å². The lowest BCUT2D eigenvalue weighted by molar-refractivity contribution is 0.767. The Bertz CT molecular complexity index is 266. The van der Waals surface area contributed by atoms with Gasteiger partial charge in [0.1, 0.15) is 5.84 Å². The Balaban J connectivity index is -0.0000000518. The fourth-order valence-electron chi connectivity index (χ4n) is 0.687. The fraction of sp³-hybridized carbons (Fsp3) is 0.500. The zero-order valence-electron chi connectivity index (χ0n) is 18.4. The average molecular weight is 339 g/mol. The summed E-state index contributed by atoms with van der Waals surface area (Å²) in [7, 11) is 1.73. The van der Waals surface area contributed by atoms with E-state index in [0.29, 0.717) is 0 Å². The van der Waals surface area contributed by atoms with Crippen molar-refractivity contribution in [3.05, 3.63) is 63.0 Å². The van der Waals surface area contributed by atoms with E-state index in [9.17, 15) is 0 Å². The Labute approximate surface area is 155 Å². The van der Waals surface area contributed by atoms with Crippen LogP contribution >= 0.6 is 0 Å². The van der Waals surface area contributed by atoms with Crippen molar-refractivity contribution in [1.29, 1.82) is 0 Å². The van der Waals surface area contributed by atoms with Crippen molar-refractivity contribution in [2.45, 2.75) is 68.7 Å². The molecule has 0 aliphatic heterocycles. The quantitative estimate of drug-likeness (QED) is 0.288. The molecule has 0 saturated carbocycles. The first-order chi connectivity index (χ1) is 11.6. The van der Waals surface area contributed by atoms with Crippen molar-refractivity contribution >= 4 is 5.84 Å². The molecule has 0 rings (SSSR count). The highest BCUT2D eigenvalue weighted by Gasteiger charge is 1.96. The van der Waals surface area contributed by atoms with Gasteiger partial charge < -0.3 is 4.90 Å². The lowest BCUT2D eigenvalue weighted by Gasteiger charge is -2.12. The summed E-state index contributed by atoms with van der Waals surface area (Å²) in [6.45, 7) is 32.0. The molecule has 0 atom stereocenters. The van der Waals surface area contributed by atoms with Crippen LogP contribution in [-0.2, 0) is 0 Å². The summed E-state index contributed by atoms with van der Waals surface area (Å²) >= 11 is 0. The fourth-order valence-corrected chi connectivity index (χ4v) is 0.687. The Morgan fingerprint density at radius 1 is 0.875 bits per heavy atom. The van der Waals surface area contributed by atoms with Crippen molar-refractivity contribution in [3.8, 4) is 0 Å². The van der Waals surface area contributed by atoms with Crippen LogP contribution in [-0.4, -0.2) is 17.8 Å². The monoisotopic (exact) mass is 338 g/mol. The molecular weight excluding hydrogens is 292 g/mol. The maximum Gasteiger partial charge on any atom is 0.130 e. The van der Waals surface area contributed by atoms with Crippen molar-refractivity contribution in [2.75, 3.05) is 7.05 Å². The predicted molar refractivity (Wildman–Crippen MR) is 121 cm³/mol. The van der Waals surface area contributed by atoms with E-state index in [1.165, 1.54) is 0 Å². The zero-order chi connectivity index (χ0) is 20.8. The minimum Gasteiger partial charge on any atom is -0.310 e. The van der Waals surface area contributed by atoms with Crippen molar-refractivity contribution < 1.29 is 0 Å². The van der Waals surface area contributed by atoms with Crippen LogP contribution in [0.4, 0.5) is 0 Å². The topological polar surface area (TPSA) is 15.6 Å². The maximum atomic E-state index is 4.03. The molecule has 144 valence electrons. The number of hydrogen-bond donors (Lipinski definition) is 0. The predicted octanol–water partition coefficient (Wildman–Crippen LogP) is 8.03. The third-order valence-corrected chi connectivity index (χ3v) is 1.49. The van der Waals surface area contributed by atoms with Gasteiger partial charge in [-0.2, -0.15) is 0 Å². The molecule has 0 saturated heterocycles. The molecule has 24 heavy (non-hydrogen) atoms. The van der Waals surface area contributed by atoms with Crippen molar-refractivity contribution in [3.63, 3.8) is 0 Å². The van der Waals surface area contributed by atoms with Gasteiger partial charge in [0.2, 0.25) is 0 Å². The maximum absolute atomic E-state index is 4.03. The molecule has 0 radical (unpaired) electrons. The number of allylic oxidation sites excluding steroid dienone is 3. The first kappa shape index (κ1) is 38.0. The van der Waals surface area contributed by atoms with Gasteiger partial charge in [-0.3, -0.25) is 4.99 Å². The van der Waals surface area contributed by atoms with Crippen LogP contribution in [0.3, 0.4) is 0 Å². The molecule has 0 heterocycles. The van der Waals surface area contributed by atoms with Gasteiger partial charge in [-0.1, -0.05) is 79.9 Å². The van der Waals surface area contributed by atoms with E-state index < -0.39 is 0 Å². The van der Waals surface area contributed by atoms with E-state index in [0.717, 1.165) is 12.3 Å². The molecule has 0 N–H and O–H groups in total. The van der Waals surface area contributed by atoms with Gasteiger partial charge in [0, 0.05) is 19.4 Å². The molecule has 0 amide bonds. The second kappa shape index (κ2) is 58.2. The number of hydrogen-bond acceptors (Lipinski definition) is 1. The highest BCUT2D eigenvalue weighted by atomic mass is 15.1. The molecule has 0 aliphatic rings. The van der Waals surface area contributed by atoms with Crippen LogP contribution in [0.5, 0.6) is 0 Å². The van der Waals surface area contributed by atoms with Crippen molar-refractivity contribution in [2.24, 2.45) is 4.99 Å². The molecular formula is C22H46N2. The van der Waals surface area contributed by atoms with Gasteiger partial charge >= 0.3 is 0 Å². The average Bonchev–Trinajstić information content (AvgIpc) is 2.67. The molecule has 2 heteroatoms. The van der Waals surface area contributed by atoms with Crippen LogP contribution in [0, 0.1) is 0 Å². The third-order valence-electron chi connectivity index (χ3n) is 1.49. The van der Waals surface area contributed by atoms with E-state index in [1.807, 2.05) is 73.6 Å². The van der Waals surface area contributed by atoms with Crippen LogP contribution in [0.1, 0.15) is 68.7 Å². The van der Waals surface area contributed by atoms with Gasteiger partial charge in [0.25, 0.3) is 0 Å². The normalized spacial score (nSPS) is 7.67. The smallest absolute Gasteiger partial charge is 0.130 e. The second-order valence-corrected chi connectivity index (χ2v) is 2.96. The number of aliphatic imine (C=N–C) groups is 1. The molecule has 0 aliphatic carbocycles. The first-order valence-electron chi connectivity index (χ1n) is 8.94. The highest BCUT2D eigenvalue weighted by Crippen LogP contribution is 1.94. The van der Waals surface area contributed by atoms with Crippen LogP contribution < -0.4 is 0 Å². The van der Waals surface area contributed by atoms with Gasteiger partial charge in [-0.25, -0.2) is 0 Å². The van der Waals surface area contributed by atoms with E-state index in [1.54, 1.807) is 30.4 Å². The first-order valence-corrected chi connectivity index (χ1v) is 8.94. The zero-order valence-corrected chi connectivity index (χ0v) is 18.4. The number of amidine groups is 1. The summed E-state index contributed by atoms with van der Waals surface area (Å²) in [5.74, 6) is 0.831. The Morgan fingerprint density at radius 3 is 1.29 bits per heavy atom.